The number of oxazole rings is 1. The highest BCUT2D eigenvalue weighted by molar-refractivity contribution is 5.37. The molecule has 0 aliphatic heterocycles. The van der Waals surface area contributed by atoms with Gasteiger partial charge in [-0.3, -0.25) is 0 Å². The Morgan fingerprint density at radius 3 is 2.94 bits per heavy atom. The van der Waals surface area contributed by atoms with E-state index in [9.17, 15) is 9.70 Å². The van der Waals surface area contributed by atoms with E-state index in [-0.39, 0.29) is 23.8 Å². The van der Waals surface area contributed by atoms with Crippen molar-refractivity contribution < 1.29 is 4.42 Å². The third kappa shape index (κ3) is 2.25. The monoisotopic (exact) mass is 246 g/mol. The number of nitrogens with zero attached hydrogens (tertiary/aromatic N) is 6. The molecular formula is C9H6N6O3. The van der Waals surface area contributed by atoms with Crippen LogP contribution in [0, 0.1) is 4.91 Å². The number of azide groups is 1. The standard InChI is InChI=1S/C9H6N6O3/c10-14-12-4-7-5-15(9(16)18-7)8-2-1-6(13-17)3-11-8/h1-3,5H,4H2. The fourth-order valence-electron chi connectivity index (χ4n) is 1.29. The van der Waals surface area contributed by atoms with Crippen molar-refractivity contribution in [3.8, 4) is 5.82 Å². The second kappa shape index (κ2) is 4.93. The van der Waals surface area contributed by atoms with Gasteiger partial charge in [0, 0.05) is 4.91 Å². The molecule has 2 aromatic rings. The van der Waals surface area contributed by atoms with Crippen LogP contribution in [0.3, 0.4) is 0 Å². The van der Waals surface area contributed by atoms with Crippen LogP contribution in [0.5, 0.6) is 0 Å². The smallest absolute Gasteiger partial charge is 0.412 e. The molecule has 90 valence electrons. The minimum absolute atomic E-state index is 0.0628. The molecule has 0 amide bonds. The quantitative estimate of drug-likeness (QED) is 0.354. The number of hydrogen-bond donors (Lipinski definition) is 0. The first kappa shape index (κ1) is 11.6. The van der Waals surface area contributed by atoms with Crippen LogP contribution < -0.4 is 5.76 Å². The van der Waals surface area contributed by atoms with E-state index in [0.29, 0.717) is 0 Å². The average Bonchev–Trinajstić information content (AvgIpc) is 2.78. The van der Waals surface area contributed by atoms with Gasteiger partial charge in [0.15, 0.2) is 0 Å². The summed E-state index contributed by atoms with van der Waals surface area (Å²) < 4.78 is 5.98. The van der Waals surface area contributed by atoms with Gasteiger partial charge >= 0.3 is 5.76 Å². The molecular weight excluding hydrogens is 240 g/mol. The van der Waals surface area contributed by atoms with E-state index < -0.39 is 5.76 Å². The highest BCUT2D eigenvalue weighted by Crippen LogP contribution is 2.12. The zero-order chi connectivity index (χ0) is 13.0. The molecule has 9 nitrogen and oxygen atoms in total. The minimum Gasteiger partial charge on any atom is -0.412 e. The maximum atomic E-state index is 11.5. The van der Waals surface area contributed by atoms with Crippen molar-refractivity contribution in [1.82, 2.24) is 9.55 Å². The fraction of sp³-hybridized carbons (Fsp3) is 0.111. The van der Waals surface area contributed by atoms with Crippen LogP contribution in [-0.2, 0) is 6.54 Å². The summed E-state index contributed by atoms with van der Waals surface area (Å²) in [5, 5.41) is 5.97. The number of hydrogen-bond acceptors (Lipinski definition) is 6. The summed E-state index contributed by atoms with van der Waals surface area (Å²) in [4.78, 5) is 28.2. The molecule has 2 heterocycles. The van der Waals surface area contributed by atoms with Crippen LogP contribution in [0.1, 0.15) is 5.76 Å². The van der Waals surface area contributed by atoms with Gasteiger partial charge in [0.2, 0.25) is 0 Å². The molecule has 0 saturated carbocycles. The molecule has 9 heteroatoms. The first-order valence-corrected chi connectivity index (χ1v) is 4.76. The maximum absolute atomic E-state index is 11.5. The molecule has 0 saturated heterocycles. The Morgan fingerprint density at radius 2 is 2.33 bits per heavy atom. The highest BCUT2D eigenvalue weighted by Gasteiger charge is 2.08. The summed E-state index contributed by atoms with van der Waals surface area (Å²) in [7, 11) is 0. The van der Waals surface area contributed by atoms with Crippen molar-refractivity contribution in [1.29, 1.82) is 0 Å². The van der Waals surface area contributed by atoms with Gasteiger partial charge in [-0.25, -0.2) is 14.3 Å². The fourth-order valence-corrected chi connectivity index (χ4v) is 1.29. The van der Waals surface area contributed by atoms with Crippen LogP contribution in [0.4, 0.5) is 5.69 Å². The molecule has 2 rings (SSSR count). The van der Waals surface area contributed by atoms with Crippen molar-refractivity contribution in [2.75, 3.05) is 0 Å². The zero-order valence-corrected chi connectivity index (χ0v) is 8.92. The van der Waals surface area contributed by atoms with E-state index in [4.69, 9.17) is 9.95 Å². The second-order valence-corrected chi connectivity index (χ2v) is 3.19. The van der Waals surface area contributed by atoms with E-state index in [0.717, 1.165) is 4.57 Å². The summed E-state index contributed by atoms with van der Waals surface area (Å²) in [5.41, 5.74) is 8.31. The maximum Gasteiger partial charge on any atom is 0.424 e. The van der Waals surface area contributed by atoms with Gasteiger partial charge in [0.1, 0.15) is 17.3 Å². The van der Waals surface area contributed by atoms with Gasteiger partial charge in [0.25, 0.3) is 0 Å². The first-order valence-electron chi connectivity index (χ1n) is 4.76. The molecule has 0 aliphatic carbocycles. The summed E-state index contributed by atoms with van der Waals surface area (Å²) in [6, 6.07) is 2.87. The van der Waals surface area contributed by atoms with Crippen LogP contribution in [0.2, 0.25) is 0 Å². The average molecular weight is 246 g/mol. The topological polar surface area (TPSA) is 126 Å². The Hall–Kier alpha value is -2.93. The normalized spacial score (nSPS) is 9.78. The molecule has 0 radical (unpaired) electrons. The minimum atomic E-state index is -0.655. The lowest BCUT2D eigenvalue weighted by Crippen LogP contribution is -2.11. The predicted octanol–water partition coefficient (Wildman–Crippen LogP) is 2.03. The molecule has 0 fully saturated rings. The van der Waals surface area contributed by atoms with E-state index in [1.54, 1.807) is 0 Å². The number of pyridine rings is 1. The molecule has 0 bridgehead atoms. The Morgan fingerprint density at radius 1 is 1.50 bits per heavy atom. The Bertz CT molecular complexity index is 664. The van der Waals surface area contributed by atoms with Crippen LogP contribution in [0.15, 0.2) is 44.0 Å². The molecule has 0 aromatic carbocycles. The van der Waals surface area contributed by atoms with E-state index in [1.165, 1.54) is 24.5 Å². The molecule has 18 heavy (non-hydrogen) atoms. The largest absolute Gasteiger partial charge is 0.424 e. The Labute approximate surface area is 99.3 Å². The van der Waals surface area contributed by atoms with Crippen molar-refractivity contribution in [2.24, 2.45) is 10.3 Å². The second-order valence-electron chi connectivity index (χ2n) is 3.19. The SMILES string of the molecule is [N-]=[N+]=NCc1cn(-c2ccc(N=O)cn2)c(=O)o1. The number of aromatic nitrogens is 2. The summed E-state index contributed by atoms with van der Waals surface area (Å²) in [6.07, 6.45) is 2.60. The summed E-state index contributed by atoms with van der Waals surface area (Å²) in [5.74, 6) is -0.155. The van der Waals surface area contributed by atoms with Crippen molar-refractivity contribution >= 4 is 5.69 Å². The molecule has 0 aliphatic rings. The van der Waals surface area contributed by atoms with Crippen molar-refractivity contribution in [2.45, 2.75) is 6.54 Å². The molecule has 0 N–H and O–H groups in total. The molecule has 0 spiro atoms. The molecule has 2 aromatic heterocycles. The van der Waals surface area contributed by atoms with Gasteiger partial charge in [-0.1, -0.05) is 5.11 Å². The van der Waals surface area contributed by atoms with Gasteiger partial charge in [-0.2, -0.15) is 0 Å². The van der Waals surface area contributed by atoms with Gasteiger partial charge in [0.05, 0.1) is 18.9 Å². The van der Waals surface area contributed by atoms with Gasteiger partial charge < -0.3 is 4.42 Å². The summed E-state index contributed by atoms with van der Waals surface area (Å²) >= 11 is 0. The lowest BCUT2D eigenvalue weighted by Gasteiger charge is -1.97. The van der Waals surface area contributed by atoms with Crippen LogP contribution in [-0.4, -0.2) is 9.55 Å². The van der Waals surface area contributed by atoms with Crippen molar-refractivity contribution in [3.63, 3.8) is 0 Å². The van der Waals surface area contributed by atoms with Crippen LogP contribution >= 0.6 is 0 Å². The van der Waals surface area contributed by atoms with Gasteiger partial charge in [-0.05, 0) is 22.8 Å². The number of rotatable bonds is 4. The molecule has 0 atom stereocenters. The van der Waals surface area contributed by atoms with Crippen LogP contribution in [0.25, 0.3) is 16.3 Å². The summed E-state index contributed by atoms with van der Waals surface area (Å²) in [6.45, 7) is -0.0628. The van der Waals surface area contributed by atoms with E-state index in [2.05, 4.69) is 20.2 Å². The Kier molecular flexibility index (Phi) is 3.17. The zero-order valence-electron chi connectivity index (χ0n) is 8.92. The Balaban J connectivity index is 2.37. The molecule has 0 unspecified atom stereocenters. The number of nitroso groups, excluding NO2 is 1. The van der Waals surface area contributed by atoms with E-state index >= 15 is 0 Å². The van der Waals surface area contributed by atoms with E-state index in [1.807, 2.05) is 0 Å². The van der Waals surface area contributed by atoms with Gasteiger partial charge in [-0.15, -0.1) is 4.91 Å². The third-order valence-corrected chi connectivity index (χ3v) is 2.06. The highest BCUT2D eigenvalue weighted by atomic mass is 16.4. The third-order valence-electron chi connectivity index (χ3n) is 2.06. The van der Waals surface area contributed by atoms with Crippen molar-refractivity contribution in [3.05, 3.63) is 56.2 Å². The lowest BCUT2D eigenvalue weighted by atomic mass is 10.4. The predicted molar refractivity (Wildman–Crippen MR) is 60.4 cm³/mol. The lowest BCUT2D eigenvalue weighted by molar-refractivity contribution is 0.462. The first-order chi connectivity index (χ1) is 8.74.